The standard InChI is InChI=1S/C17H23N3O3/c1-3-20-11-15(9-19-20)13-6-5-7-14(8-13)17(22)18-10-16(21)12-23-4-2/h5-9,11,16,21H,3-4,10,12H2,1-2H3,(H,18,22)/t16-/m0/s1. The number of aryl methyl sites for hydroxylation is 1. The van der Waals surface area contributed by atoms with Gasteiger partial charge in [-0.25, -0.2) is 0 Å². The molecule has 0 saturated carbocycles. The number of hydrogen-bond donors (Lipinski definition) is 2. The highest BCUT2D eigenvalue weighted by Gasteiger charge is 2.10. The van der Waals surface area contributed by atoms with Crippen molar-refractivity contribution in [2.75, 3.05) is 19.8 Å². The lowest BCUT2D eigenvalue weighted by molar-refractivity contribution is 0.0418. The maximum atomic E-state index is 12.2. The van der Waals surface area contributed by atoms with Gasteiger partial charge < -0.3 is 15.2 Å². The summed E-state index contributed by atoms with van der Waals surface area (Å²) < 4.78 is 6.95. The lowest BCUT2D eigenvalue weighted by Gasteiger charge is -2.12. The van der Waals surface area contributed by atoms with E-state index in [9.17, 15) is 9.90 Å². The number of aromatic nitrogens is 2. The zero-order valence-electron chi connectivity index (χ0n) is 13.5. The van der Waals surface area contributed by atoms with E-state index in [-0.39, 0.29) is 19.1 Å². The molecule has 0 saturated heterocycles. The van der Waals surface area contributed by atoms with Crippen LogP contribution in [0.3, 0.4) is 0 Å². The molecule has 1 aromatic carbocycles. The first-order valence-corrected chi connectivity index (χ1v) is 7.81. The van der Waals surface area contributed by atoms with Crippen LogP contribution in [0, 0.1) is 0 Å². The van der Waals surface area contributed by atoms with Gasteiger partial charge in [-0.3, -0.25) is 9.48 Å². The van der Waals surface area contributed by atoms with E-state index in [1.807, 2.05) is 42.9 Å². The minimum absolute atomic E-state index is 0.164. The Hall–Kier alpha value is -2.18. The minimum Gasteiger partial charge on any atom is -0.389 e. The number of carbonyl (C=O) groups is 1. The van der Waals surface area contributed by atoms with Crippen LogP contribution in [0.15, 0.2) is 36.7 Å². The topological polar surface area (TPSA) is 76.4 Å². The Morgan fingerprint density at radius 2 is 2.22 bits per heavy atom. The second-order valence-electron chi connectivity index (χ2n) is 5.19. The minimum atomic E-state index is -0.704. The Bertz CT molecular complexity index is 640. The molecule has 0 aliphatic carbocycles. The monoisotopic (exact) mass is 317 g/mol. The number of nitrogens with one attached hydrogen (secondary N) is 1. The lowest BCUT2D eigenvalue weighted by Crippen LogP contribution is -2.34. The maximum Gasteiger partial charge on any atom is 0.251 e. The van der Waals surface area contributed by atoms with Crippen molar-refractivity contribution in [3.8, 4) is 11.1 Å². The molecule has 2 aromatic rings. The van der Waals surface area contributed by atoms with E-state index in [1.165, 1.54) is 0 Å². The number of aliphatic hydroxyl groups is 1. The van der Waals surface area contributed by atoms with Gasteiger partial charge in [0.15, 0.2) is 0 Å². The highest BCUT2D eigenvalue weighted by Crippen LogP contribution is 2.19. The first kappa shape index (κ1) is 17.2. The fourth-order valence-corrected chi connectivity index (χ4v) is 2.15. The van der Waals surface area contributed by atoms with Crippen LogP contribution < -0.4 is 5.32 Å². The number of nitrogens with zero attached hydrogens (tertiary/aromatic N) is 2. The van der Waals surface area contributed by atoms with Gasteiger partial charge in [-0.1, -0.05) is 12.1 Å². The number of ether oxygens (including phenoxy) is 1. The molecule has 0 unspecified atom stereocenters. The Kier molecular flexibility index (Phi) is 6.31. The average Bonchev–Trinajstić information content (AvgIpc) is 3.07. The number of rotatable bonds is 8. The van der Waals surface area contributed by atoms with Crippen molar-refractivity contribution in [3.63, 3.8) is 0 Å². The SMILES string of the molecule is CCOC[C@@H](O)CNC(=O)c1cccc(-c2cnn(CC)c2)c1. The summed E-state index contributed by atoms with van der Waals surface area (Å²) in [5, 5.41) is 16.6. The molecule has 0 fully saturated rings. The summed E-state index contributed by atoms with van der Waals surface area (Å²) in [7, 11) is 0. The molecule has 1 atom stereocenters. The van der Waals surface area contributed by atoms with Crippen LogP contribution in [0.25, 0.3) is 11.1 Å². The summed E-state index contributed by atoms with van der Waals surface area (Å²) in [5.41, 5.74) is 2.46. The first-order chi connectivity index (χ1) is 11.1. The molecular weight excluding hydrogens is 294 g/mol. The van der Waals surface area contributed by atoms with Gasteiger partial charge in [-0.2, -0.15) is 5.10 Å². The van der Waals surface area contributed by atoms with Crippen molar-refractivity contribution in [1.82, 2.24) is 15.1 Å². The highest BCUT2D eigenvalue weighted by atomic mass is 16.5. The van der Waals surface area contributed by atoms with Gasteiger partial charge in [0.05, 0.1) is 18.9 Å². The second kappa shape index (κ2) is 8.45. The van der Waals surface area contributed by atoms with Gasteiger partial charge in [-0.05, 0) is 31.5 Å². The molecule has 1 amide bonds. The molecule has 2 rings (SSSR count). The molecule has 0 bridgehead atoms. The van der Waals surface area contributed by atoms with Crippen LogP contribution in [0.1, 0.15) is 24.2 Å². The van der Waals surface area contributed by atoms with Crippen LogP contribution in [0.4, 0.5) is 0 Å². The second-order valence-corrected chi connectivity index (χ2v) is 5.19. The molecule has 0 radical (unpaired) electrons. The van der Waals surface area contributed by atoms with Gasteiger partial charge >= 0.3 is 0 Å². The molecule has 23 heavy (non-hydrogen) atoms. The molecule has 2 N–H and O–H groups in total. The van der Waals surface area contributed by atoms with E-state index in [0.29, 0.717) is 12.2 Å². The number of carbonyl (C=O) groups excluding carboxylic acids is 1. The van der Waals surface area contributed by atoms with E-state index >= 15 is 0 Å². The van der Waals surface area contributed by atoms with Crippen LogP contribution in [-0.4, -0.2) is 46.7 Å². The van der Waals surface area contributed by atoms with Crippen LogP contribution in [0.5, 0.6) is 0 Å². The third-order valence-electron chi connectivity index (χ3n) is 3.43. The van der Waals surface area contributed by atoms with E-state index in [0.717, 1.165) is 17.7 Å². The van der Waals surface area contributed by atoms with E-state index < -0.39 is 6.10 Å². The molecule has 1 heterocycles. The predicted octanol–water partition coefficient (Wildman–Crippen LogP) is 1.70. The molecule has 6 heteroatoms. The third-order valence-corrected chi connectivity index (χ3v) is 3.43. The lowest BCUT2D eigenvalue weighted by atomic mass is 10.1. The molecule has 1 aromatic heterocycles. The average molecular weight is 317 g/mol. The highest BCUT2D eigenvalue weighted by molar-refractivity contribution is 5.95. The normalized spacial score (nSPS) is 12.1. The zero-order chi connectivity index (χ0) is 16.7. The van der Waals surface area contributed by atoms with Crippen LogP contribution in [0.2, 0.25) is 0 Å². The van der Waals surface area contributed by atoms with Gasteiger partial charge in [0.25, 0.3) is 5.91 Å². The van der Waals surface area contributed by atoms with Crippen molar-refractivity contribution < 1.29 is 14.6 Å². The molecule has 0 aliphatic rings. The molecular formula is C17H23N3O3. The predicted molar refractivity (Wildman–Crippen MR) is 88.2 cm³/mol. The molecule has 0 aliphatic heterocycles. The number of benzene rings is 1. The fraction of sp³-hybridized carbons (Fsp3) is 0.412. The third kappa shape index (κ3) is 4.91. The van der Waals surface area contributed by atoms with E-state index in [1.54, 1.807) is 12.3 Å². The number of amides is 1. The van der Waals surface area contributed by atoms with Crippen molar-refractivity contribution in [3.05, 3.63) is 42.2 Å². The number of hydrogen-bond acceptors (Lipinski definition) is 4. The van der Waals surface area contributed by atoms with Crippen molar-refractivity contribution in [2.45, 2.75) is 26.5 Å². The Morgan fingerprint density at radius 1 is 1.39 bits per heavy atom. The molecule has 0 spiro atoms. The quantitative estimate of drug-likeness (QED) is 0.777. The summed E-state index contributed by atoms with van der Waals surface area (Å²) in [4.78, 5) is 12.2. The number of aliphatic hydroxyl groups excluding tert-OH is 1. The van der Waals surface area contributed by atoms with Gasteiger partial charge in [0.2, 0.25) is 0 Å². The van der Waals surface area contributed by atoms with Crippen LogP contribution >= 0.6 is 0 Å². The molecule has 6 nitrogen and oxygen atoms in total. The van der Waals surface area contributed by atoms with Crippen molar-refractivity contribution in [1.29, 1.82) is 0 Å². The Balaban J connectivity index is 2.00. The van der Waals surface area contributed by atoms with Crippen LogP contribution in [-0.2, 0) is 11.3 Å². The summed E-state index contributed by atoms with van der Waals surface area (Å²) in [5.74, 6) is -0.217. The van der Waals surface area contributed by atoms with E-state index in [4.69, 9.17) is 4.74 Å². The van der Waals surface area contributed by atoms with Gasteiger partial charge in [-0.15, -0.1) is 0 Å². The van der Waals surface area contributed by atoms with Gasteiger partial charge in [0.1, 0.15) is 0 Å². The van der Waals surface area contributed by atoms with Crippen molar-refractivity contribution >= 4 is 5.91 Å². The summed E-state index contributed by atoms with van der Waals surface area (Å²) in [6.45, 7) is 5.60. The summed E-state index contributed by atoms with van der Waals surface area (Å²) >= 11 is 0. The summed E-state index contributed by atoms with van der Waals surface area (Å²) in [6.07, 6.45) is 3.03. The fourth-order valence-electron chi connectivity index (χ4n) is 2.15. The van der Waals surface area contributed by atoms with E-state index in [2.05, 4.69) is 10.4 Å². The summed E-state index contributed by atoms with van der Waals surface area (Å²) in [6, 6.07) is 7.35. The van der Waals surface area contributed by atoms with Gasteiger partial charge in [0, 0.05) is 37.0 Å². The first-order valence-electron chi connectivity index (χ1n) is 7.81. The zero-order valence-corrected chi connectivity index (χ0v) is 13.5. The van der Waals surface area contributed by atoms with Crippen molar-refractivity contribution in [2.24, 2.45) is 0 Å². The largest absolute Gasteiger partial charge is 0.389 e. The smallest absolute Gasteiger partial charge is 0.251 e. The Morgan fingerprint density at radius 3 is 2.91 bits per heavy atom. The maximum absolute atomic E-state index is 12.2. The molecule has 124 valence electrons. The Labute approximate surface area is 136 Å².